The van der Waals surface area contributed by atoms with Crippen LogP contribution < -0.4 is 9.46 Å². The molecule has 1 amide bonds. The third kappa shape index (κ3) is 4.81. The maximum absolute atomic E-state index is 13.3. The zero-order chi connectivity index (χ0) is 28.1. The SMILES string of the molecule is Cc1cccc(C)c1-c1cc(OC2CN(C(=O)C3(c4ccccc4)CC3)C2)nc(NS(=O)(=O)c2cnn(C)c2)n1. The molecule has 2 aliphatic rings. The first kappa shape index (κ1) is 26.0. The Morgan fingerprint density at radius 1 is 1.02 bits per heavy atom. The van der Waals surface area contributed by atoms with Gasteiger partial charge < -0.3 is 9.64 Å². The Morgan fingerprint density at radius 3 is 2.35 bits per heavy atom. The lowest BCUT2D eigenvalue weighted by molar-refractivity contribution is -0.143. The molecule has 1 aliphatic carbocycles. The number of aromatic nitrogens is 4. The predicted molar refractivity (Wildman–Crippen MR) is 149 cm³/mol. The van der Waals surface area contributed by atoms with Crippen LogP contribution >= 0.6 is 0 Å². The van der Waals surface area contributed by atoms with E-state index in [-0.39, 0.29) is 28.7 Å². The van der Waals surface area contributed by atoms with E-state index in [2.05, 4.69) is 19.8 Å². The van der Waals surface area contributed by atoms with Crippen molar-refractivity contribution in [1.29, 1.82) is 0 Å². The summed E-state index contributed by atoms with van der Waals surface area (Å²) < 4.78 is 36.1. The van der Waals surface area contributed by atoms with Gasteiger partial charge in [0, 0.05) is 24.9 Å². The van der Waals surface area contributed by atoms with Gasteiger partial charge in [0.05, 0.1) is 30.4 Å². The number of hydrogen-bond acceptors (Lipinski definition) is 7. The van der Waals surface area contributed by atoms with Crippen molar-refractivity contribution in [2.45, 2.75) is 43.1 Å². The Balaban J connectivity index is 1.24. The fourth-order valence-electron chi connectivity index (χ4n) is 5.25. The van der Waals surface area contributed by atoms with E-state index >= 15 is 0 Å². The first-order valence-corrected chi connectivity index (χ1v) is 14.6. The third-order valence-corrected chi connectivity index (χ3v) is 8.85. The quantitative estimate of drug-likeness (QED) is 0.351. The summed E-state index contributed by atoms with van der Waals surface area (Å²) >= 11 is 0. The van der Waals surface area contributed by atoms with E-state index in [1.165, 1.54) is 17.1 Å². The molecule has 1 saturated carbocycles. The summed E-state index contributed by atoms with van der Waals surface area (Å²) in [5, 5.41) is 3.95. The molecule has 11 heteroatoms. The number of carbonyl (C=O) groups is 1. The molecule has 1 N–H and O–H groups in total. The summed E-state index contributed by atoms with van der Waals surface area (Å²) in [5.41, 5.74) is 4.03. The van der Waals surface area contributed by atoms with Crippen molar-refractivity contribution in [2.75, 3.05) is 17.8 Å². The molecule has 4 aromatic rings. The maximum Gasteiger partial charge on any atom is 0.267 e. The van der Waals surface area contributed by atoms with Crippen molar-refractivity contribution in [3.63, 3.8) is 0 Å². The van der Waals surface area contributed by atoms with Crippen molar-refractivity contribution in [2.24, 2.45) is 7.05 Å². The first-order chi connectivity index (χ1) is 19.1. The molecule has 0 spiro atoms. The van der Waals surface area contributed by atoms with Crippen molar-refractivity contribution in [1.82, 2.24) is 24.6 Å². The zero-order valence-electron chi connectivity index (χ0n) is 22.5. The molecule has 0 atom stereocenters. The maximum atomic E-state index is 13.3. The fraction of sp³-hybridized carbons (Fsp3) is 0.310. The van der Waals surface area contributed by atoms with E-state index in [1.807, 2.05) is 67.3 Å². The second kappa shape index (κ2) is 9.74. The molecule has 0 unspecified atom stereocenters. The Labute approximate surface area is 233 Å². The molecular weight excluding hydrogens is 528 g/mol. The van der Waals surface area contributed by atoms with Gasteiger partial charge in [0.25, 0.3) is 10.0 Å². The van der Waals surface area contributed by atoms with Crippen LogP contribution in [-0.2, 0) is 27.3 Å². The van der Waals surface area contributed by atoms with Crippen LogP contribution in [0.15, 0.2) is 71.9 Å². The predicted octanol–water partition coefficient (Wildman–Crippen LogP) is 3.62. The van der Waals surface area contributed by atoms with Crippen LogP contribution in [0, 0.1) is 13.8 Å². The monoisotopic (exact) mass is 558 g/mol. The standard InChI is InChI=1S/C29H30N6O4S/c1-19-8-7-9-20(2)26(19)24-14-25(32-28(31-24)33-40(37,38)23-15-30-34(3)18-23)39-22-16-35(17-22)27(36)29(12-13-29)21-10-5-4-6-11-21/h4-11,14-15,18,22H,12-13,16-17H2,1-3H3,(H,31,32,33). The van der Waals surface area contributed by atoms with Crippen molar-refractivity contribution in [3.8, 4) is 17.1 Å². The number of aryl methyl sites for hydroxylation is 3. The summed E-state index contributed by atoms with van der Waals surface area (Å²) in [6.07, 6.45) is 4.10. The van der Waals surface area contributed by atoms with E-state index in [0.29, 0.717) is 18.8 Å². The normalized spacial score (nSPS) is 16.3. The van der Waals surface area contributed by atoms with Gasteiger partial charge >= 0.3 is 0 Å². The summed E-state index contributed by atoms with van der Waals surface area (Å²) in [6.45, 7) is 4.82. The smallest absolute Gasteiger partial charge is 0.267 e. The van der Waals surface area contributed by atoms with Gasteiger partial charge in [0.1, 0.15) is 11.0 Å². The van der Waals surface area contributed by atoms with Gasteiger partial charge in [-0.3, -0.25) is 9.48 Å². The third-order valence-electron chi connectivity index (χ3n) is 7.57. The number of sulfonamides is 1. The van der Waals surface area contributed by atoms with Crippen LogP contribution in [0.4, 0.5) is 5.95 Å². The van der Waals surface area contributed by atoms with Crippen LogP contribution in [0.2, 0.25) is 0 Å². The van der Waals surface area contributed by atoms with E-state index in [0.717, 1.165) is 35.1 Å². The Hall–Kier alpha value is -4.25. The largest absolute Gasteiger partial charge is 0.470 e. The summed E-state index contributed by atoms with van der Waals surface area (Å²) in [5.74, 6) is 0.257. The van der Waals surface area contributed by atoms with E-state index in [1.54, 1.807) is 13.1 Å². The van der Waals surface area contributed by atoms with Crippen LogP contribution in [0.5, 0.6) is 5.88 Å². The number of nitrogens with one attached hydrogen (secondary N) is 1. The van der Waals surface area contributed by atoms with Crippen molar-refractivity contribution in [3.05, 3.63) is 83.7 Å². The molecule has 10 nitrogen and oxygen atoms in total. The van der Waals surface area contributed by atoms with Crippen LogP contribution in [0.1, 0.15) is 29.5 Å². The molecule has 2 aromatic heterocycles. The van der Waals surface area contributed by atoms with Gasteiger partial charge in [-0.2, -0.15) is 10.1 Å². The lowest BCUT2D eigenvalue weighted by Crippen LogP contribution is -2.58. The molecule has 1 saturated heterocycles. The Bertz CT molecular complexity index is 1670. The molecule has 0 radical (unpaired) electrons. The molecule has 3 heterocycles. The Morgan fingerprint density at radius 2 is 1.73 bits per heavy atom. The fourth-order valence-corrected chi connectivity index (χ4v) is 6.18. The second-order valence-electron chi connectivity index (χ2n) is 10.5. The van der Waals surface area contributed by atoms with Gasteiger partial charge in [-0.15, -0.1) is 0 Å². The number of amides is 1. The topological polar surface area (TPSA) is 119 Å². The lowest BCUT2D eigenvalue weighted by Gasteiger charge is -2.40. The molecule has 40 heavy (non-hydrogen) atoms. The van der Waals surface area contributed by atoms with Crippen LogP contribution in [0.25, 0.3) is 11.3 Å². The number of benzene rings is 2. The number of likely N-dealkylation sites (tertiary alicyclic amines) is 1. The van der Waals surface area contributed by atoms with Gasteiger partial charge in [-0.25, -0.2) is 18.1 Å². The molecular formula is C29H30N6O4S. The molecule has 0 bridgehead atoms. The number of rotatable bonds is 8. The summed E-state index contributed by atoms with van der Waals surface area (Å²) in [7, 11) is -2.33. The van der Waals surface area contributed by atoms with Crippen LogP contribution in [-0.4, -0.2) is 58.2 Å². The number of carbonyl (C=O) groups excluding carboxylic acids is 1. The molecule has 1 aliphatic heterocycles. The highest BCUT2D eigenvalue weighted by molar-refractivity contribution is 7.92. The highest BCUT2D eigenvalue weighted by atomic mass is 32.2. The molecule has 6 rings (SSSR count). The summed E-state index contributed by atoms with van der Waals surface area (Å²) in [6, 6.07) is 17.5. The average molecular weight is 559 g/mol. The van der Waals surface area contributed by atoms with Gasteiger partial charge in [-0.1, -0.05) is 48.5 Å². The zero-order valence-corrected chi connectivity index (χ0v) is 23.4. The second-order valence-corrected chi connectivity index (χ2v) is 12.2. The average Bonchev–Trinajstić information content (AvgIpc) is 3.59. The van der Waals surface area contributed by atoms with Crippen molar-refractivity contribution < 1.29 is 17.9 Å². The van der Waals surface area contributed by atoms with Crippen molar-refractivity contribution >= 4 is 21.9 Å². The van der Waals surface area contributed by atoms with Gasteiger partial charge in [0.2, 0.25) is 17.7 Å². The highest BCUT2D eigenvalue weighted by Gasteiger charge is 2.54. The Kier molecular flexibility index (Phi) is 6.33. The lowest BCUT2D eigenvalue weighted by atomic mass is 9.93. The first-order valence-electron chi connectivity index (χ1n) is 13.1. The minimum absolute atomic E-state index is 0.000822. The number of ether oxygens (including phenoxy) is 1. The van der Waals surface area contributed by atoms with Crippen LogP contribution in [0.3, 0.4) is 0 Å². The number of nitrogens with zero attached hydrogens (tertiary/aromatic N) is 5. The molecule has 2 fully saturated rings. The minimum atomic E-state index is -3.97. The van der Waals surface area contributed by atoms with E-state index < -0.39 is 15.4 Å². The number of hydrogen-bond donors (Lipinski definition) is 1. The summed E-state index contributed by atoms with van der Waals surface area (Å²) in [4.78, 5) is 24.1. The highest BCUT2D eigenvalue weighted by Crippen LogP contribution is 2.50. The molecule has 2 aromatic carbocycles. The number of anilines is 1. The van der Waals surface area contributed by atoms with Gasteiger partial charge in [0.15, 0.2) is 0 Å². The minimum Gasteiger partial charge on any atom is -0.470 e. The van der Waals surface area contributed by atoms with E-state index in [9.17, 15) is 13.2 Å². The van der Waals surface area contributed by atoms with E-state index in [4.69, 9.17) is 4.74 Å². The molecule has 206 valence electrons. The van der Waals surface area contributed by atoms with Gasteiger partial charge in [-0.05, 0) is 43.4 Å².